The van der Waals surface area contributed by atoms with Crippen molar-refractivity contribution in [1.82, 2.24) is 9.47 Å². The van der Waals surface area contributed by atoms with Crippen LogP contribution in [-0.4, -0.2) is 73.2 Å². The fourth-order valence-corrected chi connectivity index (χ4v) is 10.4. The van der Waals surface area contributed by atoms with Gasteiger partial charge in [-0.05, 0) is 71.6 Å². The molecule has 6 heteroatoms. The Morgan fingerprint density at radius 1 is 0.720 bits per heavy atom. The Kier molecular flexibility index (Phi) is 13.6. The number of nitrogens with zero attached hydrogens (tertiary/aromatic N) is 2. The summed E-state index contributed by atoms with van der Waals surface area (Å²) >= 11 is 0. The summed E-state index contributed by atoms with van der Waals surface area (Å²) in [7, 11) is 1.15. The molecule has 0 bridgehead atoms. The number of unbranched alkanes of at least 4 members (excludes halogenated alkanes) is 1. The fourth-order valence-electron chi connectivity index (χ4n) is 3.87. The van der Waals surface area contributed by atoms with E-state index in [4.69, 9.17) is 8.85 Å². The minimum Gasteiger partial charge on any atom is -0.395 e. The van der Waals surface area contributed by atoms with Crippen LogP contribution in [-0.2, 0) is 8.85 Å². The monoisotopic (exact) mass is 390 g/mol. The third-order valence-electron chi connectivity index (χ3n) is 5.67. The predicted molar refractivity (Wildman–Crippen MR) is 116 cm³/mol. The third kappa shape index (κ3) is 9.15. The smallest absolute Gasteiger partial charge is 0.334 e. The minimum atomic E-state index is -1.94. The second-order valence-electron chi connectivity index (χ2n) is 7.53. The van der Waals surface area contributed by atoms with Crippen molar-refractivity contribution in [3.8, 4) is 0 Å². The zero-order chi connectivity index (χ0) is 19.3. The normalized spacial score (nSPS) is 13.2. The average Bonchev–Trinajstić information content (AvgIpc) is 2.57. The van der Waals surface area contributed by atoms with E-state index in [2.05, 4.69) is 64.7 Å². The first-order chi connectivity index (χ1) is 11.8. The first-order valence-corrected chi connectivity index (χ1v) is 15.6. The molecule has 152 valence electrons. The summed E-state index contributed by atoms with van der Waals surface area (Å²) in [6.45, 7) is 18.8. The van der Waals surface area contributed by atoms with Crippen LogP contribution in [0.2, 0.25) is 30.7 Å². The van der Waals surface area contributed by atoms with E-state index in [0.29, 0.717) is 0 Å². The van der Waals surface area contributed by atoms with Gasteiger partial charge in [0.25, 0.3) is 0 Å². The van der Waals surface area contributed by atoms with Gasteiger partial charge in [-0.1, -0.05) is 27.2 Å². The number of rotatable bonds is 16. The second kappa shape index (κ2) is 13.4. The highest BCUT2D eigenvalue weighted by Gasteiger charge is 2.34. The van der Waals surface area contributed by atoms with E-state index in [1.54, 1.807) is 0 Å². The molecule has 25 heavy (non-hydrogen) atoms. The van der Waals surface area contributed by atoms with Crippen molar-refractivity contribution >= 4 is 16.8 Å². The lowest BCUT2D eigenvalue weighted by molar-refractivity contribution is 0.188. The summed E-state index contributed by atoms with van der Waals surface area (Å²) in [5, 5.41) is 0. The van der Waals surface area contributed by atoms with Gasteiger partial charge in [-0.2, -0.15) is 0 Å². The maximum absolute atomic E-state index is 5.99. The van der Waals surface area contributed by atoms with Crippen LogP contribution in [0.25, 0.3) is 0 Å². The van der Waals surface area contributed by atoms with Crippen molar-refractivity contribution in [2.75, 3.05) is 46.9 Å². The first-order valence-electron chi connectivity index (χ1n) is 10.5. The summed E-state index contributed by atoms with van der Waals surface area (Å²) in [4.78, 5) is 2.32. The largest absolute Gasteiger partial charge is 0.395 e. The lowest BCUT2D eigenvalue weighted by Gasteiger charge is -2.41. The lowest BCUT2D eigenvalue weighted by Crippen LogP contribution is -2.54. The van der Waals surface area contributed by atoms with Gasteiger partial charge < -0.3 is 18.3 Å². The molecule has 0 N–H and O–H groups in total. The Labute approximate surface area is 160 Å². The van der Waals surface area contributed by atoms with Gasteiger partial charge in [0.05, 0.1) is 0 Å². The van der Waals surface area contributed by atoms with Gasteiger partial charge >= 0.3 is 8.56 Å². The van der Waals surface area contributed by atoms with E-state index < -0.39 is 16.8 Å². The summed E-state index contributed by atoms with van der Waals surface area (Å²) in [5.41, 5.74) is 0. The molecular formula is C19H46N2O2Si2. The van der Waals surface area contributed by atoms with Crippen LogP contribution in [0.5, 0.6) is 0 Å². The number of hydrogen-bond donors (Lipinski definition) is 0. The van der Waals surface area contributed by atoms with Crippen LogP contribution >= 0.6 is 0 Å². The molecule has 4 nitrogen and oxygen atoms in total. The van der Waals surface area contributed by atoms with Gasteiger partial charge in [0.2, 0.25) is 0 Å². The second-order valence-corrected chi connectivity index (χ2v) is 16.1. The van der Waals surface area contributed by atoms with Gasteiger partial charge in [-0.15, -0.1) is 0 Å². The molecule has 0 heterocycles. The molecule has 0 atom stereocenters. The van der Waals surface area contributed by atoms with Gasteiger partial charge in [-0.25, -0.2) is 0 Å². The third-order valence-corrected chi connectivity index (χ3v) is 14.5. The fraction of sp³-hybridized carbons (Fsp3) is 1.00. The van der Waals surface area contributed by atoms with E-state index in [0.717, 1.165) is 19.3 Å². The van der Waals surface area contributed by atoms with Crippen LogP contribution in [0.4, 0.5) is 0 Å². The summed E-state index contributed by atoms with van der Waals surface area (Å²) in [6.07, 6.45) is 2.49. The van der Waals surface area contributed by atoms with Gasteiger partial charge in [0, 0.05) is 26.3 Å². The Balaban J connectivity index is 4.70. The van der Waals surface area contributed by atoms with Crippen molar-refractivity contribution in [2.45, 2.75) is 78.2 Å². The van der Waals surface area contributed by atoms with Crippen molar-refractivity contribution in [3.63, 3.8) is 0 Å². The highest BCUT2D eigenvalue weighted by molar-refractivity contribution is 6.77. The van der Waals surface area contributed by atoms with Crippen molar-refractivity contribution < 1.29 is 8.85 Å². The number of hydrogen-bond acceptors (Lipinski definition) is 4. The Hall–Kier alpha value is 0.274. The molecule has 0 aliphatic carbocycles. The van der Waals surface area contributed by atoms with Gasteiger partial charge in [0.15, 0.2) is 0 Å². The lowest BCUT2D eigenvalue weighted by atomic mass is 10.3. The first kappa shape index (κ1) is 25.3. The van der Waals surface area contributed by atoms with Crippen LogP contribution < -0.4 is 0 Å². The molecule has 0 aromatic heterocycles. The molecule has 0 aliphatic heterocycles. The van der Waals surface area contributed by atoms with E-state index >= 15 is 0 Å². The van der Waals surface area contributed by atoms with Gasteiger partial charge in [-0.3, -0.25) is 0 Å². The van der Waals surface area contributed by atoms with E-state index in [1.165, 1.54) is 50.6 Å². The molecular weight excluding hydrogens is 344 g/mol. The van der Waals surface area contributed by atoms with Crippen molar-refractivity contribution in [2.24, 2.45) is 0 Å². The Morgan fingerprint density at radius 3 is 1.64 bits per heavy atom. The highest BCUT2D eigenvalue weighted by Crippen LogP contribution is 2.26. The minimum absolute atomic E-state index is 0.773. The molecule has 0 fully saturated rings. The Bertz CT molecular complexity index is 312. The van der Waals surface area contributed by atoms with Crippen molar-refractivity contribution in [1.29, 1.82) is 0 Å². The zero-order valence-corrected chi connectivity index (χ0v) is 20.5. The summed E-state index contributed by atoms with van der Waals surface area (Å²) in [5.74, 6) is 0. The van der Waals surface area contributed by atoms with Crippen molar-refractivity contribution in [3.05, 3.63) is 0 Å². The quantitative estimate of drug-likeness (QED) is 0.280. The molecule has 0 amide bonds. The maximum atomic E-state index is 5.99. The molecule has 0 unspecified atom stereocenters. The van der Waals surface area contributed by atoms with Gasteiger partial charge in [0.1, 0.15) is 8.24 Å². The standard InChI is InChI=1S/C19H46N2O2Si2/c1-9-22-24(8,23-10-2)19-15-14-16-21(18-17-20(6)7)25(11-3,12-4)13-5/h9-19H2,1-8H3. The van der Waals surface area contributed by atoms with Crippen LogP contribution in [0, 0.1) is 0 Å². The molecule has 0 saturated carbocycles. The molecule has 0 aliphatic rings. The average molecular weight is 391 g/mol. The Morgan fingerprint density at radius 2 is 1.24 bits per heavy atom. The number of likely N-dealkylation sites (N-methyl/N-ethyl adjacent to an activating group) is 1. The summed E-state index contributed by atoms with van der Waals surface area (Å²) < 4.78 is 14.9. The van der Waals surface area contributed by atoms with Crippen LogP contribution in [0.1, 0.15) is 47.5 Å². The molecule has 0 rings (SSSR count). The highest BCUT2D eigenvalue weighted by atomic mass is 28.4. The van der Waals surface area contributed by atoms with Crippen LogP contribution in [0.3, 0.4) is 0 Å². The molecule has 0 aromatic rings. The van der Waals surface area contributed by atoms with E-state index in [-0.39, 0.29) is 0 Å². The molecule has 0 saturated heterocycles. The molecule has 0 aromatic carbocycles. The molecule has 0 radical (unpaired) electrons. The molecule has 0 spiro atoms. The van der Waals surface area contributed by atoms with Crippen LogP contribution in [0.15, 0.2) is 0 Å². The topological polar surface area (TPSA) is 24.9 Å². The van der Waals surface area contributed by atoms with E-state index in [1.807, 2.05) is 0 Å². The maximum Gasteiger partial charge on any atom is 0.334 e. The summed E-state index contributed by atoms with van der Waals surface area (Å²) in [6, 6.07) is 5.24. The van der Waals surface area contributed by atoms with E-state index in [9.17, 15) is 0 Å². The SMILES string of the molecule is CCO[Si](C)(CCCCN(CCN(C)C)[Si](CC)(CC)CC)OCC. The predicted octanol–water partition coefficient (Wildman–Crippen LogP) is 4.78. The zero-order valence-electron chi connectivity index (χ0n) is 18.5.